The van der Waals surface area contributed by atoms with Crippen molar-refractivity contribution in [1.29, 1.82) is 0 Å². The summed E-state index contributed by atoms with van der Waals surface area (Å²) in [6.07, 6.45) is 0.904. The van der Waals surface area contributed by atoms with E-state index in [1.54, 1.807) is 33.8 Å². The fourth-order valence-electron chi connectivity index (χ4n) is 0.828. The molecule has 0 saturated carbocycles. The first-order valence-corrected chi connectivity index (χ1v) is 6.62. The summed E-state index contributed by atoms with van der Waals surface area (Å²) in [5, 5.41) is 25.7. The Bertz CT molecular complexity index is 275. The molecule has 0 radical (unpaired) electrons. The topological polar surface area (TPSA) is 96.2 Å². The lowest BCUT2D eigenvalue weighted by Gasteiger charge is -2.16. The molecule has 0 amide bonds. The summed E-state index contributed by atoms with van der Waals surface area (Å²) in [7, 11) is 0. The Morgan fingerprint density at radius 2 is 1.65 bits per heavy atom. The molecule has 20 heavy (non-hydrogen) atoms. The minimum absolute atomic E-state index is 0.0170. The maximum Gasteiger partial charge on any atom is 0.330 e. The van der Waals surface area contributed by atoms with Crippen molar-refractivity contribution in [3.05, 3.63) is 11.6 Å². The summed E-state index contributed by atoms with van der Waals surface area (Å²) in [4.78, 5) is 9.86. The van der Waals surface area contributed by atoms with E-state index in [0.29, 0.717) is 18.8 Å². The Balaban J connectivity index is 0. The van der Waals surface area contributed by atoms with Crippen molar-refractivity contribution in [2.24, 2.45) is 0 Å². The van der Waals surface area contributed by atoms with Crippen molar-refractivity contribution in [1.82, 2.24) is 0 Å². The molecule has 3 N–H and O–H groups in total. The minimum Gasteiger partial charge on any atom is -0.478 e. The zero-order chi connectivity index (χ0) is 16.1. The van der Waals surface area contributed by atoms with Gasteiger partial charge in [0.05, 0.1) is 38.1 Å². The van der Waals surface area contributed by atoms with Crippen molar-refractivity contribution >= 4 is 5.97 Å². The molecule has 0 aromatic heterocycles. The highest BCUT2D eigenvalue weighted by Gasteiger charge is 2.07. The molecule has 0 aromatic rings. The van der Waals surface area contributed by atoms with Crippen LogP contribution in [0.2, 0.25) is 0 Å². The van der Waals surface area contributed by atoms with Gasteiger partial charge in [0.2, 0.25) is 0 Å². The van der Waals surface area contributed by atoms with Crippen LogP contribution >= 0.6 is 0 Å². The molecular weight excluding hydrogens is 264 g/mol. The summed E-state index contributed by atoms with van der Waals surface area (Å²) in [5.41, 5.74) is 0.389. The Kier molecular flexibility index (Phi) is 13.9. The maximum atomic E-state index is 9.86. The smallest absolute Gasteiger partial charge is 0.330 e. The summed E-state index contributed by atoms with van der Waals surface area (Å²) >= 11 is 0. The largest absolute Gasteiger partial charge is 0.478 e. The van der Waals surface area contributed by atoms with Crippen LogP contribution in [-0.2, 0) is 14.3 Å². The first-order valence-electron chi connectivity index (χ1n) is 6.62. The van der Waals surface area contributed by atoms with Gasteiger partial charge in [0.15, 0.2) is 0 Å². The number of rotatable bonds is 8. The van der Waals surface area contributed by atoms with Gasteiger partial charge in [-0.25, -0.2) is 4.79 Å². The van der Waals surface area contributed by atoms with Crippen LogP contribution in [0.1, 0.15) is 34.6 Å². The van der Waals surface area contributed by atoms with E-state index in [9.17, 15) is 4.79 Å². The molecule has 0 aliphatic carbocycles. The van der Waals surface area contributed by atoms with Crippen LogP contribution < -0.4 is 0 Å². The van der Waals surface area contributed by atoms with Gasteiger partial charge in [0.1, 0.15) is 0 Å². The van der Waals surface area contributed by atoms with E-state index in [1.165, 1.54) is 0 Å². The third kappa shape index (κ3) is 15.1. The van der Waals surface area contributed by atoms with Crippen molar-refractivity contribution < 1.29 is 29.6 Å². The van der Waals surface area contributed by atoms with Crippen LogP contribution in [0.5, 0.6) is 0 Å². The Morgan fingerprint density at radius 3 is 1.95 bits per heavy atom. The normalized spacial score (nSPS) is 15.8. The lowest BCUT2D eigenvalue weighted by atomic mass is 10.3. The minimum atomic E-state index is -0.845. The zero-order valence-electron chi connectivity index (χ0n) is 13.0. The van der Waals surface area contributed by atoms with Gasteiger partial charge in [0, 0.05) is 5.57 Å². The fraction of sp³-hybridized carbons (Fsp3) is 0.786. The number of aliphatic hydroxyl groups excluding tert-OH is 2. The molecule has 0 rings (SSSR count). The molecule has 6 nitrogen and oxygen atoms in total. The van der Waals surface area contributed by atoms with Crippen LogP contribution in [0, 0.1) is 0 Å². The van der Waals surface area contributed by atoms with Gasteiger partial charge in [-0.1, -0.05) is 6.08 Å². The molecule has 0 aromatic carbocycles. The van der Waals surface area contributed by atoms with E-state index >= 15 is 0 Å². The lowest BCUT2D eigenvalue weighted by Crippen LogP contribution is -2.24. The summed E-state index contributed by atoms with van der Waals surface area (Å²) < 4.78 is 10.5. The highest BCUT2D eigenvalue weighted by molar-refractivity contribution is 5.85. The number of hydrogen-bond acceptors (Lipinski definition) is 5. The van der Waals surface area contributed by atoms with E-state index < -0.39 is 12.1 Å². The predicted octanol–water partition coefficient (Wildman–Crippen LogP) is 1.21. The molecule has 6 heteroatoms. The number of aliphatic carboxylic acids is 1. The van der Waals surface area contributed by atoms with E-state index in [-0.39, 0.29) is 18.8 Å². The van der Waals surface area contributed by atoms with Gasteiger partial charge in [-0.3, -0.25) is 0 Å². The van der Waals surface area contributed by atoms with E-state index in [1.807, 2.05) is 6.92 Å². The Morgan fingerprint density at radius 1 is 1.15 bits per heavy atom. The van der Waals surface area contributed by atoms with Gasteiger partial charge in [-0.15, -0.1) is 0 Å². The molecule has 0 fully saturated rings. The molecule has 0 bridgehead atoms. The van der Waals surface area contributed by atoms with Gasteiger partial charge in [-0.2, -0.15) is 0 Å². The number of allylic oxidation sites excluding steroid dienone is 1. The van der Waals surface area contributed by atoms with Gasteiger partial charge < -0.3 is 24.8 Å². The first kappa shape index (κ1) is 21.4. The monoisotopic (exact) mass is 292 g/mol. The average Bonchev–Trinajstić information content (AvgIpc) is 2.41. The Labute approximate surface area is 121 Å². The van der Waals surface area contributed by atoms with E-state index in [0.717, 1.165) is 0 Å². The number of carboxylic acid groups (broad SMARTS) is 1. The molecule has 0 aliphatic rings. The van der Waals surface area contributed by atoms with Gasteiger partial charge in [-0.05, 0) is 34.6 Å². The number of ether oxygens (including phenoxy) is 2. The van der Waals surface area contributed by atoms with Crippen LogP contribution in [0.3, 0.4) is 0 Å². The number of carboxylic acids is 1. The SMILES string of the molecule is CC(O)COC(C)COC(C)CO.CC=C(C)C(=O)O. The number of aliphatic hydroxyl groups is 2. The fourth-order valence-corrected chi connectivity index (χ4v) is 0.828. The molecule has 0 spiro atoms. The molecular formula is C14H28O6. The summed E-state index contributed by atoms with van der Waals surface area (Å²) in [5.74, 6) is -0.845. The number of hydrogen-bond donors (Lipinski definition) is 3. The van der Waals surface area contributed by atoms with Crippen molar-refractivity contribution in [2.45, 2.75) is 52.9 Å². The second-order valence-electron chi connectivity index (χ2n) is 4.60. The second kappa shape index (κ2) is 13.1. The maximum absolute atomic E-state index is 9.86. The molecule has 120 valence electrons. The van der Waals surface area contributed by atoms with Crippen LogP contribution in [-0.4, -0.2) is 59.4 Å². The summed E-state index contributed by atoms with van der Waals surface area (Å²) in [6, 6.07) is 0. The highest BCUT2D eigenvalue weighted by atomic mass is 16.5. The zero-order valence-corrected chi connectivity index (χ0v) is 13.0. The Hall–Kier alpha value is -0.950. The summed E-state index contributed by atoms with van der Waals surface area (Å²) in [6.45, 7) is 9.36. The molecule has 3 atom stereocenters. The molecule has 0 aliphatic heterocycles. The van der Waals surface area contributed by atoms with Crippen molar-refractivity contribution in [2.75, 3.05) is 19.8 Å². The quantitative estimate of drug-likeness (QED) is 0.582. The first-order chi connectivity index (χ1) is 9.24. The van der Waals surface area contributed by atoms with E-state index in [4.69, 9.17) is 24.8 Å². The molecule has 0 heterocycles. The van der Waals surface area contributed by atoms with Crippen LogP contribution in [0.4, 0.5) is 0 Å². The standard InChI is InChI=1S/C9H20O4.C5H8O2/c1-7(11)5-12-9(3)6-13-8(2)4-10;1-3-4(2)5(6)7/h7-11H,4-6H2,1-3H3;3H,1-2H3,(H,6,7). The van der Waals surface area contributed by atoms with Crippen LogP contribution in [0.15, 0.2) is 11.6 Å². The second-order valence-corrected chi connectivity index (χ2v) is 4.60. The average molecular weight is 292 g/mol. The van der Waals surface area contributed by atoms with Crippen LogP contribution in [0.25, 0.3) is 0 Å². The van der Waals surface area contributed by atoms with Crippen molar-refractivity contribution in [3.8, 4) is 0 Å². The van der Waals surface area contributed by atoms with Crippen molar-refractivity contribution in [3.63, 3.8) is 0 Å². The van der Waals surface area contributed by atoms with E-state index in [2.05, 4.69) is 0 Å². The predicted molar refractivity (Wildman–Crippen MR) is 76.7 cm³/mol. The van der Waals surface area contributed by atoms with Gasteiger partial charge >= 0.3 is 5.97 Å². The highest BCUT2D eigenvalue weighted by Crippen LogP contribution is 1.97. The molecule has 3 unspecified atom stereocenters. The third-order valence-electron chi connectivity index (χ3n) is 2.26. The number of carbonyl (C=O) groups is 1. The lowest BCUT2D eigenvalue weighted by molar-refractivity contribution is -0.132. The third-order valence-corrected chi connectivity index (χ3v) is 2.26. The molecule has 0 saturated heterocycles. The van der Waals surface area contributed by atoms with Gasteiger partial charge in [0.25, 0.3) is 0 Å².